The van der Waals surface area contributed by atoms with Gasteiger partial charge in [0.05, 0.1) is 0 Å². The molecule has 2 rings (SSSR count). The van der Waals surface area contributed by atoms with E-state index in [1.54, 1.807) is 0 Å². The average Bonchev–Trinajstić information content (AvgIpc) is 2.50. The maximum Gasteiger partial charge on any atom is 0.135 e. The fraction of sp³-hybridized carbons (Fsp3) is 0.375. The highest BCUT2D eigenvalue weighted by molar-refractivity contribution is 6.30. The smallest absolute Gasteiger partial charge is 0.135 e. The molecule has 112 valence electrons. The first-order chi connectivity index (χ1) is 10.1. The summed E-state index contributed by atoms with van der Waals surface area (Å²) in [6, 6.07) is 7.81. The summed E-state index contributed by atoms with van der Waals surface area (Å²) in [6.07, 6.45) is 0.814. The molecule has 0 atom stereocenters. The number of nitrogens with one attached hydrogen (secondary N) is 2. The number of benzene rings is 1. The first kappa shape index (κ1) is 15.6. The number of hydrogen-bond donors (Lipinski definition) is 2. The van der Waals surface area contributed by atoms with Crippen LogP contribution in [-0.2, 0) is 13.0 Å². The predicted octanol–water partition coefficient (Wildman–Crippen LogP) is 4.04. The van der Waals surface area contributed by atoms with Gasteiger partial charge < -0.3 is 10.6 Å². The van der Waals surface area contributed by atoms with Crippen molar-refractivity contribution < 1.29 is 0 Å². The first-order valence-corrected chi connectivity index (χ1v) is 7.61. The number of anilines is 2. The van der Waals surface area contributed by atoms with Gasteiger partial charge in [-0.15, -0.1) is 0 Å². The predicted molar refractivity (Wildman–Crippen MR) is 89.1 cm³/mol. The molecular weight excluding hydrogens is 284 g/mol. The topological polar surface area (TPSA) is 49.8 Å². The molecule has 1 heterocycles. The summed E-state index contributed by atoms with van der Waals surface area (Å²) in [5, 5.41) is 7.43. The van der Waals surface area contributed by atoms with Crippen LogP contribution >= 0.6 is 11.6 Å². The molecule has 0 amide bonds. The normalized spacial score (nSPS) is 10.5. The Hall–Kier alpha value is -1.81. The van der Waals surface area contributed by atoms with Gasteiger partial charge in [0.2, 0.25) is 0 Å². The molecule has 1 aromatic heterocycles. The second kappa shape index (κ2) is 7.27. The molecule has 0 aliphatic rings. The standard InChI is InChI=1S/C16H21ClN4/c1-4-14-20-15(18-5-2)11(3)16(21-14)19-10-12-6-8-13(17)9-7-12/h6-9H,4-5,10H2,1-3H3,(H2,18,19,20,21). The maximum absolute atomic E-state index is 5.90. The molecule has 5 heteroatoms. The molecule has 0 aliphatic carbocycles. The van der Waals surface area contributed by atoms with E-state index in [0.717, 1.165) is 41.0 Å². The van der Waals surface area contributed by atoms with Crippen LogP contribution in [0.2, 0.25) is 5.02 Å². The quantitative estimate of drug-likeness (QED) is 0.845. The van der Waals surface area contributed by atoms with E-state index < -0.39 is 0 Å². The molecular formula is C16H21ClN4. The van der Waals surface area contributed by atoms with E-state index in [9.17, 15) is 0 Å². The van der Waals surface area contributed by atoms with Gasteiger partial charge in [0.25, 0.3) is 0 Å². The third-order valence-corrected chi connectivity index (χ3v) is 3.48. The Balaban J connectivity index is 2.18. The van der Waals surface area contributed by atoms with Crippen molar-refractivity contribution in [2.24, 2.45) is 0 Å². The summed E-state index contributed by atoms with van der Waals surface area (Å²) < 4.78 is 0. The minimum Gasteiger partial charge on any atom is -0.370 e. The van der Waals surface area contributed by atoms with E-state index in [1.807, 2.05) is 31.2 Å². The Labute approximate surface area is 131 Å². The van der Waals surface area contributed by atoms with Crippen LogP contribution in [0.25, 0.3) is 0 Å². The lowest BCUT2D eigenvalue weighted by Gasteiger charge is -2.14. The van der Waals surface area contributed by atoms with Gasteiger partial charge in [0.15, 0.2) is 0 Å². The van der Waals surface area contributed by atoms with Crippen molar-refractivity contribution in [2.45, 2.75) is 33.7 Å². The summed E-state index contributed by atoms with van der Waals surface area (Å²) in [4.78, 5) is 9.11. The van der Waals surface area contributed by atoms with Crippen LogP contribution in [0.15, 0.2) is 24.3 Å². The average molecular weight is 305 g/mol. The SMILES string of the molecule is CCNc1nc(CC)nc(NCc2ccc(Cl)cc2)c1C. The zero-order valence-corrected chi connectivity index (χ0v) is 13.5. The summed E-state index contributed by atoms with van der Waals surface area (Å²) in [6.45, 7) is 7.71. The Kier molecular flexibility index (Phi) is 5.39. The van der Waals surface area contributed by atoms with Crippen molar-refractivity contribution in [3.05, 3.63) is 46.2 Å². The zero-order valence-electron chi connectivity index (χ0n) is 12.7. The van der Waals surface area contributed by atoms with Crippen LogP contribution < -0.4 is 10.6 Å². The lowest BCUT2D eigenvalue weighted by molar-refractivity contribution is 0.919. The summed E-state index contributed by atoms with van der Waals surface area (Å²) in [7, 11) is 0. The van der Waals surface area contributed by atoms with Crippen LogP contribution in [0.3, 0.4) is 0 Å². The summed E-state index contributed by atoms with van der Waals surface area (Å²) in [5.74, 6) is 2.63. The fourth-order valence-corrected chi connectivity index (χ4v) is 2.15. The lowest BCUT2D eigenvalue weighted by atomic mass is 10.2. The minimum atomic E-state index is 0.712. The van der Waals surface area contributed by atoms with Crippen LogP contribution in [-0.4, -0.2) is 16.5 Å². The fourth-order valence-electron chi connectivity index (χ4n) is 2.02. The van der Waals surface area contributed by atoms with Crippen molar-refractivity contribution >= 4 is 23.2 Å². The van der Waals surface area contributed by atoms with Crippen molar-refractivity contribution in [2.75, 3.05) is 17.2 Å². The lowest BCUT2D eigenvalue weighted by Crippen LogP contribution is -2.11. The highest BCUT2D eigenvalue weighted by Gasteiger charge is 2.09. The molecule has 0 unspecified atom stereocenters. The second-order valence-electron chi connectivity index (χ2n) is 4.83. The van der Waals surface area contributed by atoms with Crippen LogP contribution in [0.1, 0.15) is 30.8 Å². The van der Waals surface area contributed by atoms with E-state index in [1.165, 1.54) is 5.56 Å². The molecule has 0 aliphatic heterocycles. The molecule has 1 aromatic carbocycles. The van der Waals surface area contributed by atoms with E-state index in [0.29, 0.717) is 6.54 Å². The molecule has 21 heavy (non-hydrogen) atoms. The number of halogens is 1. The Bertz CT molecular complexity index is 596. The number of aryl methyl sites for hydroxylation is 1. The van der Waals surface area contributed by atoms with Gasteiger partial charge in [0, 0.05) is 30.1 Å². The second-order valence-corrected chi connectivity index (χ2v) is 5.26. The zero-order chi connectivity index (χ0) is 15.2. The molecule has 2 N–H and O–H groups in total. The van der Waals surface area contributed by atoms with Gasteiger partial charge in [-0.1, -0.05) is 30.7 Å². The monoisotopic (exact) mass is 304 g/mol. The minimum absolute atomic E-state index is 0.712. The van der Waals surface area contributed by atoms with Gasteiger partial charge in [-0.3, -0.25) is 0 Å². The molecule has 2 aromatic rings. The Morgan fingerprint density at radius 3 is 2.19 bits per heavy atom. The maximum atomic E-state index is 5.90. The molecule has 0 spiro atoms. The van der Waals surface area contributed by atoms with E-state index in [4.69, 9.17) is 11.6 Å². The van der Waals surface area contributed by atoms with Gasteiger partial charge >= 0.3 is 0 Å². The molecule has 4 nitrogen and oxygen atoms in total. The number of rotatable bonds is 6. The van der Waals surface area contributed by atoms with Crippen molar-refractivity contribution in [1.82, 2.24) is 9.97 Å². The van der Waals surface area contributed by atoms with E-state index in [-0.39, 0.29) is 0 Å². The van der Waals surface area contributed by atoms with Gasteiger partial charge in [-0.05, 0) is 31.5 Å². The van der Waals surface area contributed by atoms with E-state index >= 15 is 0 Å². The van der Waals surface area contributed by atoms with Crippen molar-refractivity contribution in [3.63, 3.8) is 0 Å². The number of nitrogens with zero attached hydrogens (tertiary/aromatic N) is 2. The summed E-state index contributed by atoms with van der Waals surface area (Å²) in [5.41, 5.74) is 2.21. The largest absolute Gasteiger partial charge is 0.370 e. The Morgan fingerprint density at radius 2 is 1.62 bits per heavy atom. The highest BCUT2D eigenvalue weighted by atomic mass is 35.5. The van der Waals surface area contributed by atoms with Crippen LogP contribution in [0.5, 0.6) is 0 Å². The van der Waals surface area contributed by atoms with Crippen LogP contribution in [0.4, 0.5) is 11.6 Å². The van der Waals surface area contributed by atoms with E-state index in [2.05, 4.69) is 34.4 Å². The summed E-state index contributed by atoms with van der Waals surface area (Å²) >= 11 is 5.90. The van der Waals surface area contributed by atoms with Crippen molar-refractivity contribution in [3.8, 4) is 0 Å². The van der Waals surface area contributed by atoms with Crippen LogP contribution in [0, 0.1) is 6.92 Å². The first-order valence-electron chi connectivity index (χ1n) is 7.23. The molecule has 0 bridgehead atoms. The molecule has 0 radical (unpaired) electrons. The van der Waals surface area contributed by atoms with Gasteiger partial charge in [-0.2, -0.15) is 0 Å². The molecule has 0 saturated heterocycles. The number of hydrogen-bond acceptors (Lipinski definition) is 4. The van der Waals surface area contributed by atoms with Gasteiger partial charge in [-0.25, -0.2) is 9.97 Å². The highest BCUT2D eigenvalue weighted by Crippen LogP contribution is 2.21. The third kappa shape index (κ3) is 4.08. The van der Waals surface area contributed by atoms with Crippen molar-refractivity contribution in [1.29, 1.82) is 0 Å². The molecule has 0 saturated carbocycles. The third-order valence-electron chi connectivity index (χ3n) is 3.23. The molecule has 0 fully saturated rings. The number of aromatic nitrogens is 2. The van der Waals surface area contributed by atoms with Gasteiger partial charge in [0.1, 0.15) is 17.5 Å². The Morgan fingerprint density at radius 1 is 1.00 bits per heavy atom.